The van der Waals surface area contributed by atoms with E-state index >= 15 is 0 Å². The normalized spacial score (nSPS) is 20.9. The van der Waals surface area contributed by atoms with Crippen molar-refractivity contribution in [2.45, 2.75) is 38.3 Å². The Morgan fingerprint density at radius 2 is 1.58 bits per heavy atom. The summed E-state index contributed by atoms with van der Waals surface area (Å²) in [5.41, 5.74) is -1.03. The van der Waals surface area contributed by atoms with Crippen LogP contribution in [0.1, 0.15) is 32.1 Å². The molecule has 12 heavy (non-hydrogen) atoms. The van der Waals surface area contributed by atoms with Gasteiger partial charge >= 0.3 is 6.18 Å². The van der Waals surface area contributed by atoms with Crippen LogP contribution in [0.2, 0.25) is 0 Å². The van der Waals surface area contributed by atoms with Crippen LogP contribution in [0, 0.1) is 11.3 Å². The molecule has 1 aliphatic carbocycles. The maximum absolute atomic E-state index is 12.0. The van der Waals surface area contributed by atoms with Crippen LogP contribution in [0.25, 0.3) is 0 Å². The van der Waals surface area contributed by atoms with Crippen molar-refractivity contribution in [3.8, 4) is 0 Å². The second kappa shape index (κ2) is 3.46. The van der Waals surface area contributed by atoms with Gasteiger partial charge in [0.15, 0.2) is 0 Å². The van der Waals surface area contributed by atoms with Crippen molar-refractivity contribution in [1.82, 2.24) is 0 Å². The predicted molar refractivity (Wildman–Crippen MR) is 40.4 cm³/mol. The van der Waals surface area contributed by atoms with Crippen molar-refractivity contribution < 1.29 is 13.2 Å². The lowest BCUT2D eigenvalue weighted by molar-refractivity contribution is -0.0645. The molecule has 1 saturated carbocycles. The second-order valence-electron chi connectivity index (χ2n) is 3.25. The number of rotatable bonds is 1. The summed E-state index contributed by atoms with van der Waals surface area (Å²) >= 11 is 0. The van der Waals surface area contributed by atoms with Gasteiger partial charge in [0.25, 0.3) is 0 Å². The molecule has 0 saturated heterocycles. The first-order valence-electron chi connectivity index (χ1n) is 4.17. The van der Waals surface area contributed by atoms with Crippen molar-refractivity contribution in [3.05, 3.63) is 0 Å². The number of hydrogen-bond donors (Lipinski definition) is 1. The van der Waals surface area contributed by atoms with Gasteiger partial charge in [0.2, 0.25) is 0 Å². The minimum absolute atomic E-state index is 0.529. The Morgan fingerprint density at radius 1 is 1.08 bits per heavy atom. The first-order chi connectivity index (χ1) is 5.52. The van der Waals surface area contributed by atoms with Crippen molar-refractivity contribution in [2.75, 3.05) is 0 Å². The summed E-state index contributed by atoms with van der Waals surface area (Å²) in [6.07, 6.45) is -0.632. The Labute approximate surface area is 69.5 Å². The van der Waals surface area contributed by atoms with Crippen molar-refractivity contribution in [2.24, 2.45) is 5.92 Å². The van der Waals surface area contributed by atoms with Crippen LogP contribution < -0.4 is 0 Å². The molecular formula is C8H12F3N. The highest BCUT2D eigenvalue weighted by Gasteiger charge is 2.39. The monoisotopic (exact) mass is 179 g/mol. The van der Waals surface area contributed by atoms with Gasteiger partial charge in [-0.1, -0.05) is 19.3 Å². The Hall–Kier alpha value is -0.540. The average molecular weight is 179 g/mol. The van der Waals surface area contributed by atoms with E-state index in [0.717, 1.165) is 19.3 Å². The maximum Gasteiger partial charge on any atom is 0.429 e. The third kappa shape index (κ3) is 2.22. The molecule has 0 heterocycles. The van der Waals surface area contributed by atoms with Gasteiger partial charge in [0.05, 0.1) is 0 Å². The quantitative estimate of drug-likeness (QED) is 0.598. The largest absolute Gasteiger partial charge is 0.429 e. The number of nitrogens with one attached hydrogen (secondary N) is 1. The molecule has 1 rings (SSSR count). The first kappa shape index (κ1) is 9.55. The molecule has 1 aliphatic rings. The number of alkyl halides is 3. The molecule has 0 unspecified atom stereocenters. The van der Waals surface area contributed by atoms with Gasteiger partial charge in [-0.15, -0.1) is 0 Å². The first-order valence-corrected chi connectivity index (χ1v) is 4.17. The highest BCUT2D eigenvalue weighted by Crippen LogP contribution is 2.31. The zero-order valence-corrected chi connectivity index (χ0v) is 6.75. The Balaban J connectivity index is 2.51. The van der Waals surface area contributed by atoms with Gasteiger partial charge in [-0.3, -0.25) is 0 Å². The third-order valence-corrected chi connectivity index (χ3v) is 2.32. The van der Waals surface area contributed by atoms with Crippen LogP contribution in [-0.2, 0) is 0 Å². The van der Waals surface area contributed by atoms with Gasteiger partial charge in [0.1, 0.15) is 5.71 Å². The molecule has 0 aromatic carbocycles. The molecule has 1 fully saturated rings. The molecule has 0 aromatic heterocycles. The molecule has 0 atom stereocenters. The van der Waals surface area contributed by atoms with Gasteiger partial charge in [-0.05, 0) is 12.8 Å². The van der Waals surface area contributed by atoms with Crippen LogP contribution in [0.3, 0.4) is 0 Å². The molecular weight excluding hydrogens is 167 g/mol. The van der Waals surface area contributed by atoms with E-state index in [4.69, 9.17) is 5.41 Å². The Bertz CT molecular complexity index is 168. The van der Waals surface area contributed by atoms with Gasteiger partial charge in [0, 0.05) is 5.92 Å². The summed E-state index contributed by atoms with van der Waals surface area (Å²) in [6, 6.07) is 0. The summed E-state index contributed by atoms with van der Waals surface area (Å²) in [5.74, 6) is -0.529. The highest BCUT2D eigenvalue weighted by atomic mass is 19.4. The molecule has 70 valence electrons. The van der Waals surface area contributed by atoms with E-state index in [-0.39, 0.29) is 0 Å². The maximum atomic E-state index is 12.0. The zero-order valence-electron chi connectivity index (χ0n) is 6.75. The minimum atomic E-state index is -4.40. The molecule has 0 aliphatic heterocycles. The van der Waals surface area contributed by atoms with E-state index < -0.39 is 17.8 Å². The van der Waals surface area contributed by atoms with E-state index in [1.807, 2.05) is 0 Å². The number of halogens is 3. The van der Waals surface area contributed by atoms with Crippen molar-refractivity contribution >= 4 is 5.71 Å². The van der Waals surface area contributed by atoms with E-state index in [9.17, 15) is 13.2 Å². The fraction of sp³-hybridized carbons (Fsp3) is 0.875. The van der Waals surface area contributed by atoms with Crippen LogP contribution in [0.15, 0.2) is 0 Å². The molecule has 0 bridgehead atoms. The summed E-state index contributed by atoms with van der Waals surface area (Å²) in [7, 11) is 0. The average Bonchev–Trinajstić information content (AvgIpc) is 2.03. The molecule has 0 radical (unpaired) electrons. The van der Waals surface area contributed by atoms with Crippen LogP contribution >= 0.6 is 0 Å². The van der Waals surface area contributed by atoms with E-state index in [0.29, 0.717) is 12.8 Å². The van der Waals surface area contributed by atoms with Crippen LogP contribution in [-0.4, -0.2) is 11.9 Å². The lowest BCUT2D eigenvalue weighted by Crippen LogP contribution is -2.31. The van der Waals surface area contributed by atoms with Crippen LogP contribution in [0.4, 0.5) is 13.2 Å². The summed E-state index contributed by atoms with van der Waals surface area (Å²) in [5, 5.41) is 6.91. The lowest BCUT2D eigenvalue weighted by atomic mass is 9.85. The van der Waals surface area contributed by atoms with Gasteiger partial charge in [-0.2, -0.15) is 13.2 Å². The third-order valence-electron chi connectivity index (χ3n) is 2.32. The predicted octanol–water partition coefficient (Wildman–Crippen LogP) is 3.15. The number of hydrogen-bond acceptors (Lipinski definition) is 1. The fourth-order valence-electron chi connectivity index (χ4n) is 1.62. The fourth-order valence-corrected chi connectivity index (χ4v) is 1.62. The second-order valence-corrected chi connectivity index (χ2v) is 3.25. The molecule has 0 spiro atoms. The molecule has 1 N–H and O–H groups in total. The lowest BCUT2D eigenvalue weighted by Gasteiger charge is -2.23. The standard InChI is InChI=1S/C8H12F3N/c9-8(10,11)7(12)6-4-2-1-3-5-6/h6,12H,1-5H2. The summed E-state index contributed by atoms with van der Waals surface area (Å²) in [4.78, 5) is 0. The zero-order chi connectivity index (χ0) is 9.19. The molecule has 1 nitrogen and oxygen atoms in total. The summed E-state index contributed by atoms with van der Waals surface area (Å²) in [6.45, 7) is 0. The van der Waals surface area contributed by atoms with Gasteiger partial charge < -0.3 is 5.41 Å². The van der Waals surface area contributed by atoms with Gasteiger partial charge in [-0.25, -0.2) is 0 Å². The minimum Gasteiger partial charge on any atom is -0.300 e. The van der Waals surface area contributed by atoms with E-state index in [1.54, 1.807) is 0 Å². The summed E-state index contributed by atoms with van der Waals surface area (Å²) < 4.78 is 36.0. The van der Waals surface area contributed by atoms with Crippen molar-refractivity contribution in [1.29, 1.82) is 5.41 Å². The van der Waals surface area contributed by atoms with E-state index in [2.05, 4.69) is 0 Å². The highest BCUT2D eigenvalue weighted by molar-refractivity contribution is 5.89. The molecule has 4 heteroatoms. The Kier molecular flexibility index (Phi) is 2.75. The smallest absolute Gasteiger partial charge is 0.300 e. The van der Waals surface area contributed by atoms with Crippen molar-refractivity contribution in [3.63, 3.8) is 0 Å². The van der Waals surface area contributed by atoms with Crippen LogP contribution in [0.5, 0.6) is 0 Å². The topological polar surface area (TPSA) is 23.9 Å². The SMILES string of the molecule is N=C(C1CCCCC1)C(F)(F)F. The molecule has 0 amide bonds. The van der Waals surface area contributed by atoms with E-state index in [1.165, 1.54) is 0 Å². The Morgan fingerprint density at radius 3 is 2.00 bits per heavy atom. The molecule has 0 aromatic rings.